The predicted molar refractivity (Wildman–Crippen MR) is 88.5 cm³/mol. The Hall–Kier alpha value is -1.98. The molecule has 0 aliphatic rings. The van der Waals surface area contributed by atoms with E-state index >= 15 is 0 Å². The standard InChI is InChI=1S/C16H12ClFN2OS/c1-8-5-13-14(6-9(8)2)22-16(19-13)20-15(21)11-4-3-10(18)7-12(11)17/h3-7H,1-2H3,(H,19,20,21). The molecular formula is C16H12ClFN2OS. The van der Waals surface area contributed by atoms with E-state index in [0.29, 0.717) is 5.13 Å². The number of amides is 1. The lowest BCUT2D eigenvalue weighted by Gasteiger charge is -2.03. The zero-order chi connectivity index (χ0) is 15.9. The zero-order valence-electron chi connectivity index (χ0n) is 11.9. The third-order valence-corrected chi connectivity index (χ3v) is 4.65. The van der Waals surface area contributed by atoms with Crippen LogP contribution in [0.3, 0.4) is 0 Å². The number of rotatable bonds is 2. The number of nitrogens with zero attached hydrogens (tertiary/aromatic N) is 1. The van der Waals surface area contributed by atoms with Crippen LogP contribution >= 0.6 is 22.9 Å². The summed E-state index contributed by atoms with van der Waals surface area (Å²) in [6, 6.07) is 7.70. The second-order valence-corrected chi connectivity index (χ2v) is 6.44. The molecule has 22 heavy (non-hydrogen) atoms. The Kier molecular flexibility index (Phi) is 3.85. The van der Waals surface area contributed by atoms with Gasteiger partial charge in [-0.05, 0) is 55.3 Å². The minimum absolute atomic E-state index is 0.0744. The number of anilines is 1. The largest absolute Gasteiger partial charge is 0.298 e. The normalized spacial score (nSPS) is 10.9. The molecule has 0 atom stereocenters. The molecule has 6 heteroatoms. The first-order chi connectivity index (χ1) is 10.4. The van der Waals surface area contributed by atoms with Gasteiger partial charge in [0, 0.05) is 0 Å². The zero-order valence-corrected chi connectivity index (χ0v) is 13.5. The lowest BCUT2D eigenvalue weighted by molar-refractivity contribution is 0.102. The highest BCUT2D eigenvalue weighted by molar-refractivity contribution is 7.22. The van der Waals surface area contributed by atoms with Crippen molar-refractivity contribution in [2.24, 2.45) is 0 Å². The van der Waals surface area contributed by atoms with Gasteiger partial charge < -0.3 is 0 Å². The molecule has 0 aliphatic heterocycles. The number of thiazole rings is 1. The van der Waals surface area contributed by atoms with Crippen LogP contribution in [0.1, 0.15) is 21.5 Å². The first-order valence-electron chi connectivity index (χ1n) is 6.58. The van der Waals surface area contributed by atoms with Crippen molar-refractivity contribution in [3.63, 3.8) is 0 Å². The van der Waals surface area contributed by atoms with E-state index in [4.69, 9.17) is 11.6 Å². The molecule has 0 bridgehead atoms. The van der Waals surface area contributed by atoms with Crippen molar-refractivity contribution in [3.8, 4) is 0 Å². The lowest BCUT2D eigenvalue weighted by atomic mass is 10.1. The molecule has 3 rings (SSSR count). The van der Waals surface area contributed by atoms with Crippen LogP contribution in [0.15, 0.2) is 30.3 Å². The molecule has 0 saturated heterocycles. The Balaban J connectivity index is 1.90. The molecule has 0 aliphatic carbocycles. The summed E-state index contributed by atoms with van der Waals surface area (Å²) in [5.74, 6) is -0.884. The number of aryl methyl sites for hydroxylation is 2. The maximum atomic E-state index is 13.0. The van der Waals surface area contributed by atoms with E-state index < -0.39 is 11.7 Å². The van der Waals surface area contributed by atoms with Crippen molar-refractivity contribution in [2.75, 3.05) is 5.32 Å². The fourth-order valence-corrected chi connectivity index (χ4v) is 3.27. The van der Waals surface area contributed by atoms with E-state index in [1.165, 1.54) is 29.0 Å². The van der Waals surface area contributed by atoms with Gasteiger partial charge in [-0.25, -0.2) is 9.37 Å². The number of hydrogen-bond donors (Lipinski definition) is 1. The van der Waals surface area contributed by atoms with Crippen molar-refractivity contribution in [1.29, 1.82) is 0 Å². The molecule has 3 nitrogen and oxygen atoms in total. The van der Waals surface area contributed by atoms with E-state index in [2.05, 4.69) is 10.3 Å². The van der Waals surface area contributed by atoms with E-state index in [1.807, 2.05) is 26.0 Å². The molecule has 1 aromatic heterocycles. The van der Waals surface area contributed by atoms with Crippen LogP contribution in [-0.2, 0) is 0 Å². The Morgan fingerprint density at radius 2 is 1.95 bits per heavy atom. The topological polar surface area (TPSA) is 42.0 Å². The van der Waals surface area contributed by atoms with Crippen molar-refractivity contribution in [3.05, 3.63) is 57.9 Å². The number of benzene rings is 2. The number of fused-ring (bicyclic) bond motifs is 1. The van der Waals surface area contributed by atoms with Crippen LogP contribution in [0.2, 0.25) is 5.02 Å². The number of halogens is 2. The first kappa shape index (κ1) is 14.9. The fourth-order valence-electron chi connectivity index (χ4n) is 2.07. The van der Waals surface area contributed by atoms with E-state index in [9.17, 15) is 9.18 Å². The van der Waals surface area contributed by atoms with Gasteiger partial charge in [0.25, 0.3) is 5.91 Å². The quantitative estimate of drug-likeness (QED) is 0.719. The van der Waals surface area contributed by atoms with Crippen LogP contribution in [0.4, 0.5) is 9.52 Å². The highest BCUT2D eigenvalue weighted by atomic mass is 35.5. The van der Waals surface area contributed by atoms with Crippen molar-refractivity contribution < 1.29 is 9.18 Å². The Morgan fingerprint density at radius 1 is 1.23 bits per heavy atom. The molecule has 112 valence electrons. The lowest BCUT2D eigenvalue weighted by Crippen LogP contribution is -2.12. The van der Waals surface area contributed by atoms with Crippen LogP contribution in [0, 0.1) is 19.7 Å². The molecule has 0 spiro atoms. The molecule has 3 aromatic rings. The first-order valence-corrected chi connectivity index (χ1v) is 7.77. The number of nitrogens with one attached hydrogen (secondary N) is 1. The molecule has 1 N–H and O–H groups in total. The highest BCUT2D eigenvalue weighted by Gasteiger charge is 2.14. The monoisotopic (exact) mass is 334 g/mol. The summed E-state index contributed by atoms with van der Waals surface area (Å²) < 4.78 is 14.0. The van der Waals surface area contributed by atoms with E-state index in [1.54, 1.807) is 0 Å². The molecule has 0 radical (unpaired) electrons. The Labute approximate surface area is 135 Å². The summed E-state index contributed by atoms with van der Waals surface area (Å²) in [5.41, 5.74) is 3.39. The number of carbonyl (C=O) groups excluding carboxylic acids is 1. The van der Waals surface area contributed by atoms with Crippen molar-refractivity contribution in [2.45, 2.75) is 13.8 Å². The molecule has 0 fully saturated rings. The average molecular weight is 335 g/mol. The molecule has 0 saturated carbocycles. The second-order valence-electron chi connectivity index (χ2n) is 5.00. The summed E-state index contributed by atoms with van der Waals surface area (Å²) in [4.78, 5) is 16.6. The summed E-state index contributed by atoms with van der Waals surface area (Å²) in [5, 5.41) is 3.27. The summed E-state index contributed by atoms with van der Waals surface area (Å²) in [7, 11) is 0. The van der Waals surface area contributed by atoms with Gasteiger partial charge >= 0.3 is 0 Å². The van der Waals surface area contributed by atoms with Crippen molar-refractivity contribution in [1.82, 2.24) is 4.98 Å². The van der Waals surface area contributed by atoms with Gasteiger partial charge in [-0.15, -0.1) is 0 Å². The minimum Gasteiger partial charge on any atom is -0.298 e. The van der Waals surface area contributed by atoms with Gasteiger partial charge in [-0.2, -0.15) is 0 Å². The van der Waals surface area contributed by atoms with Gasteiger partial charge in [0.05, 0.1) is 20.8 Å². The maximum Gasteiger partial charge on any atom is 0.258 e. The molecule has 2 aromatic carbocycles. The molecule has 1 amide bonds. The summed E-state index contributed by atoms with van der Waals surface area (Å²) >= 11 is 7.28. The summed E-state index contributed by atoms with van der Waals surface area (Å²) in [6.07, 6.45) is 0. The molecule has 1 heterocycles. The van der Waals surface area contributed by atoms with E-state index in [-0.39, 0.29) is 10.6 Å². The highest BCUT2D eigenvalue weighted by Crippen LogP contribution is 2.29. The van der Waals surface area contributed by atoms with Crippen molar-refractivity contribution >= 4 is 44.2 Å². The van der Waals surface area contributed by atoms with Crippen LogP contribution in [-0.4, -0.2) is 10.9 Å². The number of carbonyl (C=O) groups is 1. The third kappa shape index (κ3) is 2.82. The van der Waals surface area contributed by atoms with Gasteiger partial charge in [-0.3, -0.25) is 10.1 Å². The smallest absolute Gasteiger partial charge is 0.258 e. The number of hydrogen-bond acceptors (Lipinski definition) is 3. The molecular weight excluding hydrogens is 323 g/mol. The van der Waals surface area contributed by atoms with Gasteiger partial charge in [0.2, 0.25) is 0 Å². The Bertz CT molecular complexity index is 852. The summed E-state index contributed by atoms with van der Waals surface area (Å²) in [6.45, 7) is 4.05. The van der Waals surface area contributed by atoms with Gasteiger partial charge in [0.15, 0.2) is 5.13 Å². The van der Waals surface area contributed by atoms with E-state index in [0.717, 1.165) is 21.8 Å². The van der Waals surface area contributed by atoms with Crippen LogP contribution in [0.5, 0.6) is 0 Å². The fraction of sp³-hybridized carbons (Fsp3) is 0.125. The van der Waals surface area contributed by atoms with Gasteiger partial charge in [-0.1, -0.05) is 22.9 Å². The number of aromatic nitrogens is 1. The average Bonchev–Trinajstić information content (AvgIpc) is 2.80. The second kappa shape index (κ2) is 5.66. The van der Waals surface area contributed by atoms with Crippen LogP contribution in [0.25, 0.3) is 10.2 Å². The predicted octanol–water partition coefficient (Wildman–Crippen LogP) is 4.96. The van der Waals surface area contributed by atoms with Gasteiger partial charge in [0.1, 0.15) is 5.82 Å². The SMILES string of the molecule is Cc1cc2nc(NC(=O)c3ccc(F)cc3Cl)sc2cc1C. The third-order valence-electron chi connectivity index (χ3n) is 3.40. The maximum absolute atomic E-state index is 13.0. The van der Waals surface area contributed by atoms with Crippen LogP contribution < -0.4 is 5.32 Å². The molecule has 0 unspecified atom stereocenters. The Morgan fingerprint density at radius 3 is 2.68 bits per heavy atom. The minimum atomic E-state index is -0.479.